The molecule has 3 aromatic carbocycles. The lowest BCUT2D eigenvalue weighted by Crippen LogP contribution is -2.11. The van der Waals surface area contributed by atoms with Gasteiger partial charge in [0.1, 0.15) is 12.4 Å². The number of benzene rings is 3. The third-order valence-electron chi connectivity index (χ3n) is 3.79. The number of primary amides is 1. The molecule has 3 aromatic rings. The van der Waals surface area contributed by atoms with Crippen molar-refractivity contribution in [2.75, 3.05) is 5.32 Å². The minimum absolute atomic E-state index is 0.161. The number of nitrogens with two attached hydrogens (primary N) is 1. The van der Waals surface area contributed by atoms with Crippen molar-refractivity contribution in [2.24, 2.45) is 5.73 Å². The Hall–Kier alpha value is -3.60. The van der Waals surface area contributed by atoms with Crippen LogP contribution in [0.2, 0.25) is 0 Å². The van der Waals surface area contributed by atoms with E-state index in [4.69, 9.17) is 10.5 Å². The van der Waals surface area contributed by atoms with E-state index in [0.717, 1.165) is 11.3 Å². The van der Waals surface area contributed by atoms with Crippen molar-refractivity contribution in [1.29, 1.82) is 0 Å². The van der Waals surface area contributed by atoms with E-state index in [-0.39, 0.29) is 5.91 Å². The number of anilines is 1. The van der Waals surface area contributed by atoms with Crippen molar-refractivity contribution in [3.05, 3.63) is 95.6 Å². The van der Waals surface area contributed by atoms with Gasteiger partial charge < -0.3 is 15.8 Å². The maximum Gasteiger partial charge on any atom is 0.255 e. The predicted octanol–water partition coefficient (Wildman–Crippen LogP) is 3.62. The highest BCUT2D eigenvalue weighted by Crippen LogP contribution is 2.15. The van der Waals surface area contributed by atoms with E-state index in [1.165, 1.54) is 0 Å². The first kappa shape index (κ1) is 17.2. The predicted molar refractivity (Wildman–Crippen MR) is 100 cm³/mol. The molecule has 3 N–H and O–H groups in total. The molecule has 5 heteroatoms. The van der Waals surface area contributed by atoms with Crippen LogP contribution in [0.4, 0.5) is 5.69 Å². The van der Waals surface area contributed by atoms with Crippen LogP contribution in [0.5, 0.6) is 5.75 Å². The fraction of sp³-hybridized carbons (Fsp3) is 0.0476. The molecule has 0 unspecified atom stereocenters. The molecule has 0 aliphatic rings. The first-order valence-electron chi connectivity index (χ1n) is 8.10. The largest absolute Gasteiger partial charge is 0.489 e. The van der Waals surface area contributed by atoms with Crippen molar-refractivity contribution in [2.45, 2.75) is 6.61 Å². The molecule has 0 aromatic heterocycles. The van der Waals surface area contributed by atoms with E-state index in [1.807, 2.05) is 42.5 Å². The third-order valence-corrected chi connectivity index (χ3v) is 3.79. The molecule has 0 saturated carbocycles. The number of para-hydroxylation sites is 1. The molecule has 0 aliphatic carbocycles. The highest BCUT2D eigenvalue weighted by Gasteiger charge is 2.06. The summed E-state index contributed by atoms with van der Waals surface area (Å²) in [5.41, 5.74) is 7.90. The smallest absolute Gasteiger partial charge is 0.255 e. The Morgan fingerprint density at radius 2 is 1.42 bits per heavy atom. The van der Waals surface area contributed by atoms with Crippen LogP contribution in [0.15, 0.2) is 78.9 Å². The number of hydrogen-bond acceptors (Lipinski definition) is 3. The SMILES string of the molecule is NC(=O)c1ccc(OCc2ccc(C(=O)Nc3ccccc3)cc2)cc1. The molecule has 3 rings (SSSR count). The van der Waals surface area contributed by atoms with Crippen LogP contribution in [-0.4, -0.2) is 11.8 Å². The van der Waals surface area contributed by atoms with E-state index in [2.05, 4.69) is 5.32 Å². The molecule has 0 aliphatic heterocycles. The summed E-state index contributed by atoms with van der Waals surface area (Å²) in [6.07, 6.45) is 0. The molecule has 130 valence electrons. The summed E-state index contributed by atoms with van der Waals surface area (Å²) in [7, 11) is 0. The van der Waals surface area contributed by atoms with Gasteiger partial charge in [-0.2, -0.15) is 0 Å². The van der Waals surface area contributed by atoms with Gasteiger partial charge in [0, 0.05) is 16.8 Å². The molecular formula is C21H18N2O3. The zero-order chi connectivity index (χ0) is 18.4. The topological polar surface area (TPSA) is 81.4 Å². The zero-order valence-corrected chi connectivity index (χ0v) is 14.0. The van der Waals surface area contributed by atoms with Gasteiger partial charge in [0.25, 0.3) is 5.91 Å². The van der Waals surface area contributed by atoms with Crippen LogP contribution in [0.1, 0.15) is 26.3 Å². The summed E-state index contributed by atoms with van der Waals surface area (Å²) in [5, 5.41) is 2.84. The number of rotatable bonds is 6. The number of nitrogens with one attached hydrogen (secondary N) is 1. The Balaban J connectivity index is 1.57. The summed E-state index contributed by atoms with van der Waals surface area (Å²) >= 11 is 0. The van der Waals surface area contributed by atoms with Crippen LogP contribution >= 0.6 is 0 Å². The fourth-order valence-electron chi connectivity index (χ4n) is 2.36. The maximum absolute atomic E-state index is 12.2. The van der Waals surface area contributed by atoms with Gasteiger partial charge in [-0.3, -0.25) is 9.59 Å². The third kappa shape index (κ3) is 4.48. The van der Waals surface area contributed by atoms with Gasteiger partial charge in [-0.05, 0) is 54.1 Å². The maximum atomic E-state index is 12.2. The Labute approximate surface area is 151 Å². The van der Waals surface area contributed by atoms with Crippen molar-refractivity contribution in [3.8, 4) is 5.75 Å². The summed E-state index contributed by atoms with van der Waals surface area (Å²) in [5.74, 6) is 0.00697. The zero-order valence-electron chi connectivity index (χ0n) is 14.0. The van der Waals surface area contributed by atoms with Crippen molar-refractivity contribution in [1.82, 2.24) is 0 Å². The molecule has 0 heterocycles. The van der Waals surface area contributed by atoms with Gasteiger partial charge in [0.2, 0.25) is 5.91 Å². The summed E-state index contributed by atoms with van der Waals surface area (Å²) < 4.78 is 5.67. The van der Waals surface area contributed by atoms with Crippen LogP contribution in [0.25, 0.3) is 0 Å². The lowest BCUT2D eigenvalue weighted by molar-refractivity contribution is 0.0997. The minimum Gasteiger partial charge on any atom is -0.489 e. The average molecular weight is 346 g/mol. The molecule has 0 atom stereocenters. The van der Waals surface area contributed by atoms with Crippen molar-refractivity contribution >= 4 is 17.5 Å². The van der Waals surface area contributed by atoms with Crippen molar-refractivity contribution in [3.63, 3.8) is 0 Å². The summed E-state index contributed by atoms with van der Waals surface area (Å²) in [6, 6.07) is 23.1. The number of ether oxygens (including phenoxy) is 1. The van der Waals surface area contributed by atoms with Crippen LogP contribution < -0.4 is 15.8 Å². The fourth-order valence-corrected chi connectivity index (χ4v) is 2.36. The second-order valence-corrected chi connectivity index (χ2v) is 5.69. The molecule has 0 radical (unpaired) electrons. The van der Waals surface area contributed by atoms with Crippen molar-refractivity contribution < 1.29 is 14.3 Å². The number of amides is 2. The highest BCUT2D eigenvalue weighted by molar-refractivity contribution is 6.04. The average Bonchev–Trinajstić information content (AvgIpc) is 2.68. The quantitative estimate of drug-likeness (QED) is 0.715. The van der Waals surface area contributed by atoms with Gasteiger partial charge >= 0.3 is 0 Å². The van der Waals surface area contributed by atoms with Crippen LogP contribution in [0, 0.1) is 0 Å². The van der Waals surface area contributed by atoms with E-state index in [0.29, 0.717) is 23.5 Å². The first-order chi connectivity index (χ1) is 12.6. The van der Waals surface area contributed by atoms with Crippen LogP contribution in [-0.2, 0) is 6.61 Å². The van der Waals surface area contributed by atoms with E-state index in [1.54, 1.807) is 36.4 Å². The number of hydrogen-bond donors (Lipinski definition) is 2. The Kier molecular flexibility index (Phi) is 5.29. The Morgan fingerprint density at radius 3 is 2.04 bits per heavy atom. The molecule has 0 bridgehead atoms. The monoisotopic (exact) mass is 346 g/mol. The normalized spacial score (nSPS) is 10.2. The molecule has 2 amide bonds. The van der Waals surface area contributed by atoms with Gasteiger partial charge in [-0.15, -0.1) is 0 Å². The molecule has 5 nitrogen and oxygen atoms in total. The molecular weight excluding hydrogens is 328 g/mol. The lowest BCUT2D eigenvalue weighted by Gasteiger charge is -2.08. The van der Waals surface area contributed by atoms with Crippen LogP contribution in [0.3, 0.4) is 0 Å². The highest BCUT2D eigenvalue weighted by atomic mass is 16.5. The number of carbonyl (C=O) groups excluding carboxylic acids is 2. The second kappa shape index (κ2) is 7.98. The summed E-state index contributed by atoms with van der Waals surface area (Å²) in [6.45, 7) is 0.358. The van der Waals surface area contributed by atoms with Gasteiger partial charge in [-0.25, -0.2) is 0 Å². The molecule has 26 heavy (non-hydrogen) atoms. The molecule has 0 spiro atoms. The first-order valence-corrected chi connectivity index (χ1v) is 8.10. The second-order valence-electron chi connectivity index (χ2n) is 5.69. The van der Waals surface area contributed by atoms with Gasteiger partial charge in [-0.1, -0.05) is 30.3 Å². The van der Waals surface area contributed by atoms with E-state index >= 15 is 0 Å². The summed E-state index contributed by atoms with van der Waals surface area (Å²) in [4.78, 5) is 23.3. The molecule has 0 saturated heterocycles. The number of carbonyl (C=O) groups is 2. The standard InChI is InChI=1S/C21H18N2O3/c22-20(24)16-10-12-19(13-11-16)26-14-15-6-8-17(9-7-15)21(25)23-18-4-2-1-3-5-18/h1-13H,14H2,(H2,22,24)(H,23,25). The van der Waals surface area contributed by atoms with E-state index in [9.17, 15) is 9.59 Å². The van der Waals surface area contributed by atoms with Gasteiger partial charge in [0.05, 0.1) is 0 Å². The Morgan fingerprint density at radius 1 is 0.808 bits per heavy atom. The minimum atomic E-state index is -0.471. The lowest BCUT2D eigenvalue weighted by atomic mass is 10.1. The molecule has 0 fully saturated rings. The van der Waals surface area contributed by atoms with E-state index < -0.39 is 5.91 Å². The van der Waals surface area contributed by atoms with Gasteiger partial charge in [0.15, 0.2) is 0 Å². The Bertz CT molecular complexity index is 889.